The van der Waals surface area contributed by atoms with Crippen molar-refractivity contribution in [2.75, 3.05) is 18.1 Å². The van der Waals surface area contributed by atoms with E-state index in [0.717, 1.165) is 5.69 Å². The Morgan fingerprint density at radius 3 is 2.95 bits per heavy atom. The van der Waals surface area contributed by atoms with Crippen LogP contribution in [0.4, 0.5) is 5.82 Å². The van der Waals surface area contributed by atoms with Crippen LogP contribution in [-0.4, -0.2) is 22.3 Å². The summed E-state index contributed by atoms with van der Waals surface area (Å²) in [6.07, 6.45) is 0. The van der Waals surface area contributed by atoms with Gasteiger partial charge in [-0.1, -0.05) is 17.8 Å². The monoisotopic (exact) mass is 286 g/mol. The summed E-state index contributed by atoms with van der Waals surface area (Å²) in [5, 5.41) is 9.45. The summed E-state index contributed by atoms with van der Waals surface area (Å²) in [5.74, 6) is 1.87. The van der Waals surface area contributed by atoms with Gasteiger partial charge in [0.05, 0.1) is 18.2 Å². The van der Waals surface area contributed by atoms with Crippen molar-refractivity contribution in [2.24, 2.45) is 0 Å². The van der Waals surface area contributed by atoms with Crippen LogP contribution in [0.3, 0.4) is 0 Å². The molecule has 2 aromatic rings. The number of nitrogens with two attached hydrogens (primary N) is 1. The first-order chi connectivity index (χ1) is 9.67. The molecule has 0 aliphatic rings. The second-order valence-electron chi connectivity index (χ2n) is 4.05. The van der Waals surface area contributed by atoms with Crippen LogP contribution in [0.5, 0.6) is 5.75 Å². The molecule has 5 nitrogen and oxygen atoms in total. The van der Waals surface area contributed by atoms with Gasteiger partial charge in [-0.25, -0.2) is 9.97 Å². The summed E-state index contributed by atoms with van der Waals surface area (Å²) in [6.45, 7) is 2.39. The first-order valence-electron chi connectivity index (χ1n) is 6.04. The summed E-state index contributed by atoms with van der Waals surface area (Å²) in [4.78, 5) is 8.42. The van der Waals surface area contributed by atoms with Crippen LogP contribution in [0.25, 0.3) is 0 Å². The molecule has 0 aliphatic heterocycles. The predicted octanol–water partition coefficient (Wildman–Crippen LogP) is 2.41. The van der Waals surface area contributed by atoms with Gasteiger partial charge >= 0.3 is 0 Å². The number of nitrogen functional groups attached to an aromatic ring is 1. The number of anilines is 1. The third-order valence-electron chi connectivity index (χ3n) is 2.40. The van der Waals surface area contributed by atoms with Crippen molar-refractivity contribution in [1.82, 2.24) is 9.97 Å². The van der Waals surface area contributed by atoms with Gasteiger partial charge < -0.3 is 10.5 Å². The van der Waals surface area contributed by atoms with Gasteiger partial charge in [-0.05, 0) is 25.1 Å². The number of hydrogen-bond donors (Lipinski definition) is 1. The molecular formula is C14H14N4OS. The number of aromatic nitrogens is 2. The Balaban J connectivity index is 1.83. The lowest BCUT2D eigenvalue weighted by Gasteiger charge is -2.06. The Kier molecular flexibility index (Phi) is 4.80. The number of rotatable bonds is 5. The minimum Gasteiger partial charge on any atom is -0.493 e. The van der Waals surface area contributed by atoms with E-state index in [9.17, 15) is 0 Å². The highest BCUT2D eigenvalue weighted by atomic mass is 32.2. The standard InChI is InChI=1S/C14H14N4OS/c1-10-7-13(16)18-14(17-10)20-6-5-19-12-4-2-3-11(8-12)9-15/h2-4,7-8H,5-6H2,1H3,(H2,16,17,18). The Bertz CT molecular complexity index is 619. The molecular weight excluding hydrogens is 272 g/mol. The zero-order chi connectivity index (χ0) is 14.4. The lowest BCUT2D eigenvalue weighted by molar-refractivity contribution is 0.344. The van der Waals surface area contributed by atoms with Crippen molar-refractivity contribution in [1.29, 1.82) is 5.26 Å². The van der Waals surface area contributed by atoms with Crippen LogP contribution < -0.4 is 10.5 Å². The number of aryl methyl sites for hydroxylation is 1. The van der Waals surface area contributed by atoms with Crippen LogP contribution >= 0.6 is 11.8 Å². The van der Waals surface area contributed by atoms with Crippen molar-refractivity contribution >= 4 is 17.6 Å². The number of hydrogen-bond acceptors (Lipinski definition) is 6. The molecule has 1 aromatic carbocycles. The average Bonchev–Trinajstić information content (AvgIpc) is 2.43. The highest BCUT2D eigenvalue weighted by molar-refractivity contribution is 7.99. The number of benzene rings is 1. The molecule has 2 rings (SSSR count). The lowest BCUT2D eigenvalue weighted by atomic mass is 10.2. The number of ether oxygens (including phenoxy) is 1. The topological polar surface area (TPSA) is 84.8 Å². The van der Waals surface area contributed by atoms with Gasteiger partial charge in [-0.2, -0.15) is 5.26 Å². The SMILES string of the molecule is Cc1cc(N)nc(SCCOc2cccc(C#N)c2)n1. The fourth-order valence-corrected chi connectivity index (χ4v) is 2.31. The molecule has 1 heterocycles. The number of nitriles is 1. The molecule has 0 aliphatic carbocycles. The number of thioether (sulfide) groups is 1. The van der Waals surface area contributed by atoms with E-state index in [1.54, 1.807) is 24.3 Å². The second kappa shape index (κ2) is 6.78. The van der Waals surface area contributed by atoms with Gasteiger partial charge in [0.15, 0.2) is 5.16 Å². The molecule has 0 unspecified atom stereocenters. The van der Waals surface area contributed by atoms with Gasteiger partial charge in [-0.15, -0.1) is 0 Å². The van der Waals surface area contributed by atoms with Crippen LogP contribution in [0.1, 0.15) is 11.3 Å². The van der Waals surface area contributed by atoms with Crippen LogP contribution in [0, 0.1) is 18.3 Å². The van der Waals surface area contributed by atoms with Crippen molar-refractivity contribution in [3.8, 4) is 11.8 Å². The van der Waals surface area contributed by atoms with E-state index in [2.05, 4.69) is 16.0 Å². The van der Waals surface area contributed by atoms with Crippen molar-refractivity contribution in [3.63, 3.8) is 0 Å². The zero-order valence-electron chi connectivity index (χ0n) is 11.0. The third kappa shape index (κ3) is 4.14. The van der Waals surface area contributed by atoms with E-state index >= 15 is 0 Å². The van der Waals surface area contributed by atoms with Crippen molar-refractivity contribution in [2.45, 2.75) is 12.1 Å². The second-order valence-corrected chi connectivity index (χ2v) is 5.12. The molecule has 2 N–H and O–H groups in total. The average molecular weight is 286 g/mol. The Labute approximate surface area is 121 Å². The van der Waals surface area contributed by atoms with Crippen LogP contribution in [0.2, 0.25) is 0 Å². The lowest BCUT2D eigenvalue weighted by Crippen LogP contribution is -2.02. The molecule has 0 saturated carbocycles. The van der Waals surface area contributed by atoms with E-state index in [0.29, 0.717) is 34.6 Å². The summed E-state index contributed by atoms with van der Waals surface area (Å²) >= 11 is 1.49. The number of nitrogens with zero attached hydrogens (tertiary/aromatic N) is 3. The summed E-state index contributed by atoms with van der Waals surface area (Å²) in [6, 6.07) is 10.9. The summed E-state index contributed by atoms with van der Waals surface area (Å²) in [7, 11) is 0. The normalized spacial score (nSPS) is 10.0. The van der Waals surface area contributed by atoms with Crippen molar-refractivity contribution in [3.05, 3.63) is 41.6 Å². The van der Waals surface area contributed by atoms with Gasteiger partial charge in [0, 0.05) is 17.5 Å². The predicted molar refractivity (Wildman–Crippen MR) is 78.6 cm³/mol. The van der Waals surface area contributed by atoms with Crippen LogP contribution in [-0.2, 0) is 0 Å². The smallest absolute Gasteiger partial charge is 0.189 e. The maximum atomic E-state index is 8.80. The quantitative estimate of drug-likeness (QED) is 0.516. The molecule has 1 aromatic heterocycles. The molecule has 0 bridgehead atoms. The van der Waals surface area contributed by atoms with E-state index in [-0.39, 0.29) is 0 Å². The maximum absolute atomic E-state index is 8.80. The van der Waals surface area contributed by atoms with Gasteiger partial charge in [0.2, 0.25) is 0 Å². The zero-order valence-corrected chi connectivity index (χ0v) is 11.9. The fourth-order valence-electron chi connectivity index (χ4n) is 1.58. The van der Waals surface area contributed by atoms with Gasteiger partial charge in [-0.3, -0.25) is 0 Å². The molecule has 0 radical (unpaired) electrons. The molecule has 20 heavy (non-hydrogen) atoms. The molecule has 0 amide bonds. The molecule has 6 heteroatoms. The van der Waals surface area contributed by atoms with Gasteiger partial charge in [0.1, 0.15) is 11.6 Å². The first kappa shape index (κ1) is 14.2. The summed E-state index contributed by atoms with van der Waals surface area (Å²) < 4.78 is 5.57. The van der Waals surface area contributed by atoms with E-state index in [1.165, 1.54) is 11.8 Å². The largest absolute Gasteiger partial charge is 0.493 e. The third-order valence-corrected chi connectivity index (χ3v) is 3.21. The minimum absolute atomic E-state index is 0.475. The molecule has 102 valence electrons. The molecule has 0 saturated heterocycles. The molecule has 0 spiro atoms. The van der Waals surface area contributed by atoms with Gasteiger partial charge in [0.25, 0.3) is 0 Å². The van der Waals surface area contributed by atoms with Crippen LogP contribution in [0.15, 0.2) is 35.5 Å². The first-order valence-corrected chi connectivity index (χ1v) is 7.03. The Morgan fingerprint density at radius 2 is 2.20 bits per heavy atom. The van der Waals surface area contributed by atoms with E-state index < -0.39 is 0 Å². The Morgan fingerprint density at radius 1 is 1.35 bits per heavy atom. The highest BCUT2D eigenvalue weighted by Gasteiger charge is 2.01. The van der Waals surface area contributed by atoms with E-state index in [1.807, 2.05) is 13.0 Å². The Hall–Kier alpha value is -2.26. The van der Waals surface area contributed by atoms with Crippen molar-refractivity contribution < 1.29 is 4.74 Å². The molecule has 0 atom stereocenters. The summed E-state index contributed by atoms with van der Waals surface area (Å²) in [5.41, 5.74) is 7.10. The maximum Gasteiger partial charge on any atom is 0.189 e. The highest BCUT2D eigenvalue weighted by Crippen LogP contribution is 2.16. The minimum atomic E-state index is 0.475. The fraction of sp³-hybridized carbons (Fsp3) is 0.214. The molecule has 0 fully saturated rings. The van der Waals surface area contributed by atoms with E-state index in [4.69, 9.17) is 15.7 Å².